The topological polar surface area (TPSA) is 54.5 Å². The predicted octanol–water partition coefficient (Wildman–Crippen LogP) is 3.73. The van der Waals surface area contributed by atoms with Crippen LogP contribution < -0.4 is 10.1 Å². The molecule has 1 unspecified atom stereocenters. The molecule has 0 radical (unpaired) electrons. The molecule has 6 heteroatoms. The fourth-order valence-corrected chi connectivity index (χ4v) is 2.63. The first kappa shape index (κ1) is 15.6. The molecule has 1 aromatic carbocycles. The van der Waals surface area contributed by atoms with Gasteiger partial charge in [-0.2, -0.15) is 0 Å². The van der Waals surface area contributed by atoms with E-state index in [2.05, 4.69) is 10.3 Å². The molecule has 23 heavy (non-hydrogen) atoms. The molecular formula is C17H18ClN3O2. The van der Waals surface area contributed by atoms with E-state index >= 15 is 0 Å². The van der Waals surface area contributed by atoms with E-state index in [1.54, 1.807) is 29.2 Å². The smallest absolute Gasteiger partial charge is 0.321 e. The maximum Gasteiger partial charge on any atom is 0.321 e. The van der Waals surface area contributed by atoms with E-state index in [1.807, 2.05) is 25.1 Å². The first-order chi connectivity index (χ1) is 11.1. The summed E-state index contributed by atoms with van der Waals surface area (Å²) in [6.45, 7) is 3.14. The lowest BCUT2D eigenvalue weighted by Crippen LogP contribution is -2.34. The lowest BCUT2D eigenvalue weighted by Gasteiger charge is -2.18. The largest absolute Gasteiger partial charge is 0.472 e. The fraction of sp³-hybridized carbons (Fsp3) is 0.294. The van der Waals surface area contributed by atoms with Gasteiger partial charge < -0.3 is 15.0 Å². The van der Waals surface area contributed by atoms with Crippen LogP contribution in [-0.2, 0) is 0 Å². The molecule has 5 nitrogen and oxygen atoms in total. The average Bonchev–Trinajstić information content (AvgIpc) is 2.98. The summed E-state index contributed by atoms with van der Waals surface area (Å²) in [6, 6.07) is 12.6. The summed E-state index contributed by atoms with van der Waals surface area (Å²) in [4.78, 5) is 18.3. The van der Waals surface area contributed by atoms with Crippen LogP contribution in [0.15, 0.2) is 42.5 Å². The van der Waals surface area contributed by atoms with Gasteiger partial charge in [0.15, 0.2) is 0 Å². The number of carbonyl (C=O) groups excluding carboxylic acids is 1. The molecule has 0 saturated carbocycles. The Bertz CT molecular complexity index is 690. The maximum atomic E-state index is 12.3. The zero-order valence-corrected chi connectivity index (χ0v) is 13.6. The molecule has 0 spiro atoms. The van der Waals surface area contributed by atoms with Crippen LogP contribution in [0.3, 0.4) is 0 Å². The molecule has 1 N–H and O–H groups in total. The molecule has 0 bridgehead atoms. The number of anilines is 1. The zero-order valence-electron chi connectivity index (χ0n) is 12.8. The van der Waals surface area contributed by atoms with Crippen molar-refractivity contribution in [2.45, 2.75) is 19.4 Å². The van der Waals surface area contributed by atoms with Crippen LogP contribution in [0.25, 0.3) is 0 Å². The van der Waals surface area contributed by atoms with Gasteiger partial charge in [0.25, 0.3) is 0 Å². The van der Waals surface area contributed by atoms with Crippen molar-refractivity contribution in [2.24, 2.45) is 0 Å². The first-order valence-electron chi connectivity index (χ1n) is 7.52. The number of hydrogen-bond acceptors (Lipinski definition) is 3. The Morgan fingerprint density at radius 1 is 1.30 bits per heavy atom. The third-order valence-electron chi connectivity index (χ3n) is 3.68. The standard InChI is InChI=1S/C17H18ClN3O2/c1-12-3-2-4-16(19-12)23-15-9-10-21(11-15)17(22)20-14-7-5-13(18)6-8-14/h2-8,15H,9-11H2,1H3,(H,20,22). The van der Waals surface area contributed by atoms with E-state index < -0.39 is 0 Å². The van der Waals surface area contributed by atoms with Crippen LogP contribution in [0.4, 0.5) is 10.5 Å². The minimum atomic E-state index is -0.129. The minimum Gasteiger partial charge on any atom is -0.472 e. The first-order valence-corrected chi connectivity index (χ1v) is 7.90. The Morgan fingerprint density at radius 3 is 2.83 bits per heavy atom. The fourth-order valence-electron chi connectivity index (χ4n) is 2.50. The van der Waals surface area contributed by atoms with Gasteiger partial charge in [0.2, 0.25) is 5.88 Å². The lowest BCUT2D eigenvalue weighted by atomic mass is 10.3. The molecule has 3 rings (SSSR count). The molecule has 1 aliphatic rings. The van der Waals surface area contributed by atoms with E-state index in [9.17, 15) is 4.79 Å². The SMILES string of the molecule is Cc1cccc(OC2CCN(C(=O)Nc3ccc(Cl)cc3)C2)n1. The Kier molecular flexibility index (Phi) is 4.67. The summed E-state index contributed by atoms with van der Waals surface area (Å²) in [5.74, 6) is 0.606. The average molecular weight is 332 g/mol. The number of amides is 2. The van der Waals surface area contributed by atoms with Crippen LogP contribution >= 0.6 is 11.6 Å². The Balaban J connectivity index is 1.54. The van der Waals surface area contributed by atoms with Crippen LogP contribution in [0.1, 0.15) is 12.1 Å². The van der Waals surface area contributed by atoms with Gasteiger partial charge in [0.05, 0.1) is 6.54 Å². The molecule has 1 saturated heterocycles. The van der Waals surface area contributed by atoms with Crippen molar-refractivity contribution in [3.05, 3.63) is 53.2 Å². The monoisotopic (exact) mass is 331 g/mol. The van der Waals surface area contributed by atoms with E-state index in [0.717, 1.165) is 17.8 Å². The summed E-state index contributed by atoms with van der Waals surface area (Å²) >= 11 is 5.84. The zero-order chi connectivity index (χ0) is 16.2. The Morgan fingerprint density at radius 2 is 2.09 bits per heavy atom. The number of carbonyl (C=O) groups is 1. The number of ether oxygens (including phenoxy) is 1. The second-order valence-electron chi connectivity index (χ2n) is 5.53. The molecule has 2 aromatic rings. The second kappa shape index (κ2) is 6.87. The molecular weight excluding hydrogens is 314 g/mol. The van der Waals surface area contributed by atoms with Gasteiger partial charge in [0, 0.05) is 35.4 Å². The number of benzene rings is 1. The van der Waals surface area contributed by atoms with Gasteiger partial charge in [0.1, 0.15) is 6.10 Å². The van der Waals surface area contributed by atoms with Gasteiger partial charge >= 0.3 is 6.03 Å². The highest BCUT2D eigenvalue weighted by Crippen LogP contribution is 2.19. The number of halogens is 1. The Hall–Kier alpha value is -2.27. The van der Waals surface area contributed by atoms with Crippen molar-refractivity contribution < 1.29 is 9.53 Å². The second-order valence-corrected chi connectivity index (χ2v) is 5.97. The molecule has 1 atom stereocenters. The van der Waals surface area contributed by atoms with Gasteiger partial charge in [-0.05, 0) is 37.3 Å². The van der Waals surface area contributed by atoms with Crippen LogP contribution in [0.5, 0.6) is 5.88 Å². The number of pyridine rings is 1. The van der Waals surface area contributed by atoms with Crippen molar-refractivity contribution in [2.75, 3.05) is 18.4 Å². The number of hydrogen-bond donors (Lipinski definition) is 1. The summed E-state index contributed by atoms with van der Waals surface area (Å²) in [5.41, 5.74) is 1.64. The summed E-state index contributed by atoms with van der Waals surface area (Å²) < 4.78 is 5.85. The molecule has 1 fully saturated rings. The van der Waals surface area contributed by atoms with Gasteiger partial charge in [-0.3, -0.25) is 0 Å². The van der Waals surface area contributed by atoms with E-state index in [1.165, 1.54) is 0 Å². The van der Waals surface area contributed by atoms with E-state index in [-0.39, 0.29) is 12.1 Å². The Labute approximate surface area is 140 Å². The summed E-state index contributed by atoms with van der Waals surface area (Å²) in [5, 5.41) is 3.50. The third kappa shape index (κ3) is 4.13. The molecule has 2 heterocycles. The highest BCUT2D eigenvalue weighted by atomic mass is 35.5. The summed E-state index contributed by atoms with van der Waals surface area (Å²) in [6.07, 6.45) is 0.768. The molecule has 2 amide bonds. The van der Waals surface area contributed by atoms with Gasteiger partial charge in [-0.25, -0.2) is 9.78 Å². The predicted molar refractivity (Wildman–Crippen MR) is 90.1 cm³/mol. The van der Waals surface area contributed by atoms with Gasteiger partial charge in [-0.1, -0.05) is 17.7 Å². The van der Waals surface area contributed by atoms with Crippen LogP contribution in [0.2, 0.25) is 5.02 Å². The number of aryl methyl sites for hydroxylation is 1. The van der Waals surface area contributed by atoms with Crippen molar-refractivity contribution in [1.29, 1.82) is 0 Å². The van der Waals surface area contributed by atoms with Crippen LogP contribution in [0, 0.1) is 6.92 Å². The number of likely N-dealkylation sites (tertiary alicyclic amines) is 1. The van der Waals surface area contributed by atoms with Crippen molar-refractivity contribution in [1.82, 2.24) is 9.88 Å². The molecule has 1 aromatic heterocycles. The van der Waals surface area contributed by atoms with E-state index in [4.69, 9.17) is 16.3 Å². The molecule has 120 valence electrons. The van der Waals surface area contributed by atoms with Crippen molar-refractivity contribution in [3.8, 4) is 5.88 Å². The third-order valence-corrected chi connectivity index (χ3v) is 3.93. The quantitative estimate of drug-likeness (QED) is 0.932. The van der Waals surface area contributed by atoms with Crippen LogP contribution in [-0.4, -0.2) is 35.1 Å². The number of nitrogens with zero attached hydrogens (tertiary/aromatic N) is 2. The highest BCUT2D eigenvalue weighted by molar-refractivity contribution is 6.30. The molecule has 1 aliphatic heterocycles. The minimum absolute atomic E-state index is 0.0275. The lowest BCUT2D eigenvalue weighted by molar-refractivity contribution is 0.189. The van der Waals surface area contributed by atoms with Crippen molar-refractivity contribution >= 4 is 23.3 Å². The number of urea groups is 1. The highest BCUT2D eigenvalue weighted by Gasteiger charge is 2.28. The molecule has 0 aliphatic carbocycles. The van der Waals surface area contributed by atoms with Gasteiger partial charge in [-0.15, -0.1) is 0 Å². The van der Waals surface area contributed by atoms with E-state index in [0.29, 0.717) is 24.0 Å². The number of rotatable bonds is 3. The maximum absolute atomic E-state index is 12.3. The normalized spacial score (nSPS) is 17.1. The van der Waals surface area contributed by atoms with Crippen molar-refractivity contribution in [3.63, 3.8) is 0 Å². The summed E-state index contributed by atoms with van der Waals surface area (Å²) in [7, 11) is 0. The number of aromatic nitrogens is 1. The number of nitrogens with one attached hydrogen (secondary N) is 1.